The van der Waals surface area contributed by atoms with Crippen LogP contribution in [0.4, 0.5) is 0 Å². The van der Waals surface area contributed by atoms with Crippen molar-refractivity contribution in [2.75, 3.05) is 13.1 Å². The van der Waals surface area contributed by atoms with E-state index >= 15 is 0 Å². The molecule has 4 aliphatic heterocycles. The summed E-state index contributed by atoms with van der Waals surface area (Å²) in [6.45, 7) is 3.34. The first kappa shape index (κ1) is 23.6. The first-order valence-electron chi connectivity index (χ1n) is 14.7. The van der Waals surface area contributed by atoms with Crippen LogP contribution in [0.15, 0.2) is 60.0 Å². The van der Waals surface area contributed by atoms with Gasteiger partial charge in [0.15, 0.2) is 0 Å². The lowest BCUT2D eigenvalue weighted by Gasteiger charge is -2.54. The zero-order valence-electron chi connectivity index (χ0n) is 22.2. The quantitative estimate of drug-likeness (QED) is 0.516. The molecule has 5 fully saturated rings. The third-order valence-corrected chi connectivity index (χ3v) is 11.8. The van der Waals surface area contributed by atoms with Crippen molar-refractivity contribution in [3.63, 3.8) is 0 Å². The van der Waals surface area contributed by atoms with Gasteiger partial charge in [-0.2, -0.15) is 0 Å². The number of β-amino-alcohol motifs (C(OH)–C–C–N with tert-alkyl or cyclic N) is 2. The van der Waals surface area contributed by atoms with E-state index in [0.29, 0.717) is 13.1 Å². The zero-order chi connectivity index (χ0) is 26.3. The minimum absolute atomic E-state index is 0.0348. The number of pyridine rings is 1. The predicted octanol–water partition coefficient (Wildman–Crippen LogP) is 2.84. The number of likely N-dealkylation sites (tertiary alicyclic amines) is 1. The number of fused-ring (bicyclic) bond motifs is 4. The summed E-state index contributed by atoms with van der Waals surface area (Å²) in [6, 6.07) is 8.77. The van der Waals surface area contributed by atoms with Crippen LogP contribution < -0.4 is 0 Å². The Morgan fingerprint density at radius 1 is 1.03 bits per heavy atom. The molecule has 2 spiro atoms. The minimum atomic E-state index is -0.699. The number of epoxide rings is 1. The van der Waals surface area contributed by atoms with Crippen molar-refractivity contribution < 1.29 is 24.8 Å². The Morgan fingerprint density at radius 3 is 2.72 bits per heavy atom. The lowest BCUT2D eigenvalue weighted by molar-refractivity contribution is -0.138. The van der Waals surface area contributed by atoms with Gasteiger partial charge in [-0.15, -0.1) is 0 Å². The lowest BCUT2D eigenvalue weighted by atomic mass is 9.58. The van der Waals surface area contributed by atoms with Gasteiger partial charge in [-0.25, -0.2) is 0 Å². The smallest absolute Gasteiger partial charge is 0.110 e. The van der Waals surface area contributed by atoms with E-state index in [0.717, 1.165) is 37.5 Å². The van der Waals surface area contributed by atoms with Gasteiger partial charge in [0.2, 0.25) is 0 Å². The summed E-state index contributed by atoms with van der Waals surface area (Å²) in [5, 5.41) is 34.4. The molecule has 2 bridgehead atoms. The molecule has 7 aliphatic rings. The maximum absolute atomic E-state index is 11.7. The van der Waals surface area contributed by atoms with Crippen LogP contribution in [-0.2, 0) is 9.47 Å². The molecule has 11 atom stereocenters. The number of hydrogen-bond acceptors (Lipinski definition) is 7. The Kier molecular flexibility index (Phi) is 4.58. The number of benzene rings is 1. The van der Waals surface area contributed by atoms with Crippen molar-refractivity contribution in [3.8, 4) is 0 Å². The van der Waals surface area contributed by atoms with Gasteiger partial charge >= 0.3 is 0 Å². The molecule has 1 aromatic heterocycles. The summed E-state index contributed by atoms with van der Waals surface area (Å²) in [6.07, 6.45) is 11.3. The van der Waals surface area contributed by atoms with Crippen molar-refractivity contribution in [2.24, 2.45) is 11.3 Å². The van der Waals surface area contributed by atoms with Crippen molar-refractivity contribution in [3.05, 3.63) is 65.5 Å². The van der Waals surface area contributed by atoms with Crippen molar-refractivity contribution in [2.45, 2.75) is 92.7 Å². The fourth-order valence-electron chi connectivity index (χ4n) is 10.00. The fraction of sp³-hybridized carbons (Fsp3) is 0.594. The Labute approximate surface area is 228 Å². The topological polar surface area (TPSA) is 98.6 Å². The largest absolute Gasteiger partial charge is 0.392 e. The van der Waals surface area contributed by atoms with Crippen LogP contribution in [0.2, 0.25) is 0 Å². The summed E-state index contributed by atoms with van der Waals surface area (Å²) >= 11 is 0. The van der Waals surface area contributed by atoms with Gasteiger partial charge in [0.05, 0.1) is 29.5 Å². The maximum atomic E-state index is 11.7. The Morgan fingerprint density at radius 2 is 1.87 bits per heavy atom. The monoisotopic (exact) mass is 528 g/mol. The highest BCUT2D eigenvalue weighted by Gasteiger charge is 2.72. The first-order valence-corrected chi connectivity index (χ1v) is 14.7. The van der Waals surface area contributed by atoms with Crippen molar-refractivity contribution in [1.29, 1.82) is 0 Å². The highest BCUT2D eigenvalue weighted by atomic mass is 16.6. The molecular weight excluding hydrogens is 492 g/mol. The second-order valence-electron chi connectivity index (χ2n) is 13.7. The van der Waals surface area contributed by atoms with E-state index in [1.165, 1.54) is 22.1 Å². The molecule has 3 aliphatic carbocycles. The molecule has 0 radical (unpaired) electrons. The van der Waals surface area contributed by atoms with Crippen molar-refractivity contribution in [1.82, 2.24) is 9.88 Å². The third kappa shape index (κ3) is 2.96. The van der Waals surface area contributed by atoms with Crippen LogP contribution in [0, 0.1) is 11.3 Å². The van der Waals surface area contributed by atoms with Gasteiger partial charge in [-0.3, -0.25) is 9.88 Å². The first-order chi connectivity index (χ1) is 18.8. The maximum Gasteiger partial charge on any atom is 0.110 e. The standard InChI is InChI=1S/C32H36N2O5/c1-30-6-4-20-11-21-28-29(38-28)22(34-15-24(36)25(37)16-34)13-31(21)7-8-32(20,39-31)26(30)12-23(35)27(30)18-3-2-17-5-9-33-14-19(17)10-18/h2-5,9-11,14,22-29,35-37H,6-8,12-13,15-16H2,1H3/t22-,23+,24-,25-,26+,27-,28+,29?,30-,31+,32?/m0/s1. The summed E-state index contributed by atoms with van der Waals surface area (Å²) in [5.74, 6) is 0.256. The number of aliphatic hydroxyl groups excluding tert-OH is 3. The molecule has 7 heteroatoms. The van der Waals surface area contributed by atoms with Gasteiger partial charge in [-0.1, -0.05) is 31.2 Å². The number of ether oxygens (including phenoxy) is 2. The molecule has 3 N–H and O–H groups in total. The van der Waals surface area contributed by atoms with Crippen LogP contribution >= 0.6 is 0 Å². The summed E-state index contributed by atoms with van der Waals surface area (Å²) in [4.78, 5) is 6.55. The summed E-state index contributed by atoms with van der Waals surface area (Å²) < 4.78 is 13.7. The second-order valence-corrected chi connectivity index (χ2v) is 13.7. The van der Waals surface area contributed by atoms with Gasteiger partial charge in [0.25, 0.3) is 0 Å². The number of rotatable bonds is 2. The molecule has 5 heterocycles. The number of allylic oxidation sites excluding steroid dienone is 1. The van der Waals surface area contributed by atoms with E-state index in [9.17, 15) is 15.3 Å². The van der Waals surface area contributed by atoms with Crippen LogP contribution in [0.5, 0.6) is 0 Å². The number of nitrogens with zero attached hydrogens (tertiary/aromatic N) is 2. The predicted molar refractivity (Wildman–Crippen MR) is 144 cm³/mol. The van der Waals surface area contributed by atoms with Crippen LogP contribution in [0.25, 0.3) is 10.8 Å². The van der Waals surface area contributed by atoms with E-state index in [-0.39, 0.29) is 46.7 Å². The average Bonchev–Trinajstić information content (AvgIpc) is 3.47. The molecule has 0 amide bonds. The van der Waals surface area contributed by atoms with Crippen LogP contribution in [0.3, 0.4) is 0 Å². The van der Waals surface area contributed by atoms with Gasteiger partial charge in [-0.05, 0) is 71.7 Å². The van der Waals surface area contributed by atoms with Gasteiger partial charge < -0.3 is 24.8 Å². The molecule has 2 saturated carbocycles. The Balaban J connectivity index is 1.09. The summed E-state index contributed by atoms with van der Waals surface area (Å²) in [5.41, 5.74) is 2.91. The molecule has 2 aromatic rings. The highest BCUT2D eigenvalue weighted by Crippen LogP contribution is 2.70. The fourth-order valence-corrected chi connectivity index (χ4v) is 10.00. The molecule has 204 valence electrons. The minimum Gasteiger partial charge on any atom is -0.392 e. The lowest BCUT2D eigenvalue weighted by Crippen LogP contribution is -2.57. The Bertz CT molecular complexity index is 1450. The summed E-state index contributed by atoms with van der Waals surface area (Å²) in [7, 11) is 0. The van der Waals surface area contributed by atoms with E-state index in [4.69, 9.17) is 9.47 Å². The second kappa shape index (κ2) is 7.58. The molecular formula is C32H36N2O5. The van der Waals surface area contributed by atoms with E-state index in [1.54, 1.807) is 0 Å². The van der Waals surface area contributed by atoms with Gasteiger partial charge in [0.1, 0.15) is 12.2 Å². The Hall–Kier alpha value is -2.13. The van der Waals surface area contributed by atoms with E-state index < -0.39 is 18.3 Å². The van der Waals surface area contributed by atoms with E-state index in [1.807, 2.05) is 18.5 Å². The van der Waals surface area contributed by atoms with Crippen LogP contribution in [-0.4, -0.2) is 86.1 Å². The molecule has 1 aromatic carbocycles. The van der Waals surface area contributed by atoms with E-state index in [2.05, 4.69) is 47.2 Å². The zero-order valence-corrected chi connectivity index (χ0v) is 22.2. The molecule has 7 nitrogen and oxygen atoms in total. The highest BCUT2D eigenvalue weighted by molar-refractivity contribution is 5.82. The van der Waals surface area contributed by atoms with Crippen LogP contribution in [0.1, 0.15) is 50.5 Å². The number of aliphatic hydroxyl groups is 3. The van der Waals surface area contributed by atoms with Gasteiger partial charge in [0, 0.05) is 48.7 Å². The number of aromatic nitrogens is 1. The molecule has 9 rings (SSSR count). The number of hydrogen-bond donors (Lipinski definition) is 3. The normalized spacial score (nSPS) is 49.6. The molecule has 39 heavy (non-hydrogen) atoms. The molecule has 3 saturated heterocycles. The SMILES string of the molecule is C[C@]12CC=C3C=C4[C@H]5OC5[C@@H](N5C[C@H](O)[C@@H](O)C5)C[C@]45CCC3(O5)[C@@H]1C[C@@H](O)[C@@H]2c1ccc2ccncc2c1. The average molecular weight is 529 g/mol. The van der Waals surface area contributed by atoms with Crippen molar-refractivity contribution >= 4 is 10.8 Å². The molecule has 2 unspecified atom stereocenters. The third-order valence-electron chi connectivity index (χ3n) is 11.8.